The van der Waals surface area contributed by atoms with Crippen LogP contribution < -0.4 is 5.32 Å². The topological polar surface area (TPSA) is 46.9 Å². The summed E-state index contributed by atoms with van der Waals surface area (Å²) >= 11 is 0. The van der Waals surface area contributed by atoms with Gasteiger partial charge < -0.3 is 5.32 Å². The van der Waals surface area contributed by atoms with Gasteiger partial charge in [-0.05, 0) is 25.5 Å². The lowest BCUT2D eigenvalue weighted by Gasteiger charge is -2.07. The Labute approximate surface area is 113 Å². The quantitative estimate of drug-likeness (QED) is 0.888. The summed E-state index contributed by atoms with van der Waals surface area (Å²) in [6, 6.07) is 11.8. The van der Waals surface area contributed by atoms with E-state index in [1.807, 2.05) is 54.9 Å². The smallest absolute Gasteiger partial charge is 0.224 e. The molecular weight excluding hydrogens is 238 g/mol. The number of benzene rings is 1. The standard InChI is InChI=1S/C15H19N3O/c1-12-10-13(2)18(17-12)9-8-16-15(19)11-14-6-4-3-5-7-14/h3-7,10H,8-9,11H2,1-2H3,(H,16,19). The van der Waals surface area contributed by atoms with Crippen LogP contribution in [0.15, 0.2) is 36.4 Å². The monoisotopic (exact) mass is 257 g/mol. The molecule has 0 radical (unpaired) electrons. The fourth-order valence-corrected chi connectivity index (χ4v) is 2.05. The summed E-state index contributed by atoms with van der Waals surface area (Å²) in [7, 11) is 0. The van der Waals surface area contributed by atoms with Crippen molar-refractivity contribution in [1.29, 1.82) is 0 Å². The van der Waals surface area contributed by atoms with Crippen LogP contribution in [0.1, 0.15) is 17.0 Å². The van der Waals surface area contributed by atoms with Crippen molar-refractivity contribution in [3.8, 4) is 0 Å². The predicted octanol–water partition coefficient (Wildman–Crippen LogP) is 1.86. The minimum Gasteiger partial charge on any atom is -0.354 e. The first-order chi connectivity index (χ1) is 9.15. The number of amides is 1. The van der Waals surface area contributed by atoms with Crippen LogP contribution in [-0.2, 0) is 17.8 Å². The molecule has 0 spiro atoms. The second-order valence-electron chi connectivity index (χ2n) is 4.66. The van der Waals surface area contributed by atoms with E-state index in [2.05, 4.69) is 10.4 Å². The number of carbonyl (C=O) groups is 1. The van der Waals surface area contributed by atoms with Crippen molar-refractivity contribution in [2.75, 3.05) is 6.54 Å². The zero-order chi connectivity index (χ0) is 13.7. The van der Waals surface area contributed by atoms with Crippen molar-refractivity contribution in [2.45, 2.75) is 26.8 Å². The number of carbonyl (C=O) groups excluding carboxylic acids is 1. The molecule has 100 valence electrons. The van der Waals surface area contributed by atoms with E-state index in [0.717, 1.165) is 17.0 Å². The first kappa shape index (κ1) is 13.3. The van der Waals surface area contributed by atoms with E-state index >= 15 is 0 Å². The van der Waals surface area contributed by atoms with Crippen molar-refractivity contribution in [1.82, 2.24) is 15.1 Å². The van der Waals surface area contributed by atoms with Gasteiger partial charge in [-0.3, -0.25) is 9.48 Å². The maximum atomic E-state index is 11.8. The van der Waals surface area contributed by atoms with Gasteiger partial charge in [-0.1, -0.05) is 30.3 Å². The molecule has 0 unspecified atom stereocenters. The zero-order valence-electron chi connectivity index (χ0n) is 11.4. The molecule has 4 nitrogen and oxygen atoms in total. The van der Waals surface area contributed by atoms with Crippen LogP contribution in [-0.4, -0.2) is 22.2 Å². The van der Waals surface area contributed by atoms with Crippen LogP contribution in [0.25, 0.3) is 0 Å². The molecule has 1 amide bonds. The van der Waals surface area contributed by atoms with E-state index in [-0.39, 0.29) is 5.91 Å². The molecule has 0 atom stereocenters. The van der Waals surface area contributed by atoms with Gasteiger partial charge >= 0.3 is 0 Å². The lowest BCUT2D eigenvalue weighted by molar-refractivity contribution is -0.120. The summed E-state index contributed by atoms with van der Waals surface area (Å²) < 4.78 is 1.91. The van der Waals surface area contributed by atoms with Crippen LogP contribution in [0.2, 0.25) is 0 Å². The Morgan fingerprint density at radius 1 is 1.26 bits per heavy atom. The first-order valence-electron chi connectivity index (χ1n) is 6.47. The van der Waals surface area contributed by atoms with E-state index in [9.17, 15) is 4.79 Å². The first-order valence-corrected chi connectivity index (χ1v) is 6.47. The summed E-state index contributed by atoms with van der Waals surface area (Å²) in [4.78, 5) is 11.8. The minimum absolute atomic E-state index is 0.0488. The number of aromatic nitrogens is 2. The lowest BCUT2D eigenvalue weighted by Crippen LogP contribution is -2.29. The predicted molar refractivity (Wildman–Crippen MR) is 74.9 cm³/mol. The van der Waals surface area contributed by atoms with Crippen molar-refractivity contribution >= 4 is 5.91 Å². The van der Waals surface area contributed by atoms with Gasteiger partial charge in [0.15, 0.2) is 0 Å². The molecule has 1 aromatic carbocycles. The van der Waals surface area contributed by atoms with Gasteiger partial charge in [0.1, 0.15) is 0 Å². The van der Waals surface area contributed by atoms with Crippen LogP contribution in [0.3, 0.4) is 0 Å². The van der Waals surface area contributed by atoms with Gasteiger partial charge in [0.2, 0.25) is 5.91 Å². The molecule has 0 saturated heterocycles. The van der Waals surface area contributed by atoms with Crippen LogP contribution in [0.5, 0.6) is 0 Å². The minimum atomic E-state index is 0.0488. The number of hydrogen-bond donors (Lipinski definition) is 1. The largest absolute Gasteiger partial charge is 0.354 e. The molecule has 0 aliphatic rings. The summed E-state index contributed by atoms with van der Waals surface area (Å²) in [5, 5.41) is 7.27. The van der Waals surface area contributed by atoms with E-state index in [1.54, 1.807) is 0 Å². The van der Waals surface area contributed by atoms with Crippen molar-refractivity contribution in [2.24, 2.45) is 0 Å². The Hall–Kier alpha value is -2.10. The third-order valence-electron chi connectivity index (χ3n) is 2.96. The average Bonchev–Trinajstić information content (AvgIpc) is 2.69. The fourth-order valence-electron chi connectivity index (χ4n) is 2.05. The third kappa shape index (κ3) is 3.95. The molecule has 4 heteroatoms. The molecule has 2 aromatic rings. The molecular formula is C15H19N3O. The van der Waals surface area contributed by atoms with E-state index < -0.39 is 0 Å². The highest BCUT2D eigenvalue weighted by molar-refractivity contribution is 5.78. The van der Waals surface area contributed by atoms with Crippen molar-refractivity contribution in [3.63, 3.8) is 0 Å². The Kier molecular flexibility index (Phi) is 4.34. The number of nitrogens with zero attached hydrogens (tertiary/aromatic N) is 2. The van der Waals surface area contributed by atoms with Gasteiger partial charge in [0.05, 0.1) is 18.7 Å². The molecule has 2 rings (SSSR count). The van der Waals surface area contributed by atoms with E-state index in [4.69, 9.17) is 0 Å². The molecule has 0 saturated carbocycles. The summed E-state index contributed by atoms with van der Waals surface area (Å²) in [6.07, 6.45) is 0.429. The molecule has 0 aliphatic heterocycles. The number of nitrogens with one attached hydrogen (secondary N) is 1. The summed E-state index contributed by atoms with van der Waals surface area (Å²) in [6.45, 7) is 5.30. The zero-order valence-corrected chi connectivity index (χ0v) is 11.4. The van der Waals surface area contributed by atoms with Crippen molar-refractivity contribution in [3.05, 3.63) is 53.3 Å². The van der Waals surface area contributed by atoms with E-state index in [0.29, 0.717) is 19.5 Å². The van der Waals surface area contributed by atoms with Gasteiger partial charge in [0.25, 0.3) is 0 Å². The number of aryl methyl sites for hydroxylation is 2. The Balaban J connectivity index is 1.77. The van der Waals surface area contributed by atoms with Gasteiger partial charge in [-0.2, -0.15) is 5.10 Å². The normalized spacial score (nSPS) is 10.4. The van der Waals surface area contributed by atoms with Gasteiger partial charge in [-0.15, -0.1) is 0 Å². The highest BCUT2D eigenvalue weighted by Gasteiger charge is 2.04. The Morgan fingerprint density at radius 3 is 2.63 bits per heavy atom. The maximum absolute atomic E-state index is 11.8. The molecule has 19 heavy (non-hydrogen) atoms. The number of hydrogen-bond acceptors (Lipinski definition) is 2. The summed E-state index contributed by atoms with van der Waals surface area (Å²) in [5.74, 6) is 0.0488. The second-order valence-corrected chi connectivity index (χ2v) is 4.66. The molecule has 0 aliphatic carbocycles. The third-order valence-corrected chi connectivity index (χ3v) is 2.96. The van der Waals surface area contributed by atoms with Crippen LogP contribution in [0.4, 0.5) is 0 Å². The lowest BCUT2D eigenvalue weighted by atomic mass is 10.1. The van der Waals surface area contributed by atoms with E-state index in [1.165, 1.54) is 0 Å². The Bertz CT molecular complexity index is 546. The Morgan fingerprint density at radius 2 is 2.00 bits per heavy atom. The number of rotatable bonds is 5. The SMILES string of the molecule is Cc1cc(C)n(CCNC(=O)Cc2ccccc2)n1. The van der Waals surface area contributed by atoms with Crippen LogP contribution in [0, 0.1) is 13.8 Å². The molecule has 0 bridgehead atoms. The molecule has 1 aromatic heterocycles. The molecule has 0 fully saturated rings. The van der Waals surface area contributed by atoms with Crippen LogP contribution >= 0.6 is 0 Å². The summed E-state index contributed by atoms with van der Waals surface area (Å²) in [5.41, 5.74) is 3.16. The second kappa shape index (κ2) is 6.18. The fraction of sp³-hybridized carbons (Fsp3) is 0.333. The average molecular weight is 257 g/mol. The molecule has 1 heterocycles. The highest BCUT2D eigenvalue weighted by atomic mass is 16.1. The maximum Gasteiger partial charge on any atom is 0.224 e. The van der Waals surface area contributed by atoms with Gasteiger partial charge in [0, 0.05) is 12.2 Å². The van der Waals surface area contributed by atoms with Crippen molar-refractivity contribution < 1.29 is 4.79 Å². The molecule has 1 N–H and O–H groups in total. The highest BCUT2D eigenvalue weighted by Crippen LogP contribution is 2.01. The van der Waals surface area contributed by atoms with Gasteiger partial charge in [-0.25, -0.2) is 0 Å².